The maximum Gasteiger partial charge on any atom is 0.102 e. The topological polar surface area (TPSA) is 52.0 Å². The summed E-state index contributed by atoms with van der Waals surface area (Å²) in [4.78, 5) is 0. The van der Waals surface area contributed by atoms with E-state index in [-0.39, 0.29) is 6.10 Å². The van der Waals surface area contributed by atoms with Crippen LogP contribution >= 0.6 is 0 Å². The molecular weight excluding hydrogens is 228 g/mol. The fourth-order valence-corrected chi connectivity index (χ4v) is 2.58. The van der Waals surface area contributed by atoms with Gasteiger partial charge in [0.2, 0.25) is 0 Å². The van der Waals surface area contributed by atoms with Crippen LogP contribution in [0.4, 0.5) is 0 Å². The number of ether oxygens (including phenoxy) is 1. The summed E-state index contributed by atoms with van der Waals surface area (Å²) in [7, 11) is 3.66. The van der Waals surface area contributed by atoms with Crippen molar-refractivity contribution in [3.05, 3.63) is 11.4 Å². The van der Waals surface area contributed by atoms with E-state index in [1.807, 2.05) is 7.05 Å². The zero-order chi connectivity index (χ0) is 13.1. The van der Waals surface area contributed by atoms with Crippen molar-refractivity contribution in [3.8, 4) is 0 Å². The van der Waals surface area contributed by atoms with Gasteiger partial charge in [0.1, 0.15) is 5.69 Å². The minimum absolute atomic E-state index is 0.0332. The maximum atomic E-state index is 5.48. The molecule has 0 aromatic carbocycles. The van der Waals surface area contributed by atoms with Crippen LogP contribution in [0, 0.1) is 5.92 Å². The van der Waals surface area contributed by atoms with Gasteiger partial charge >= 0.3 is 0 Å². The first-order valence-corrected chi connectivity index (χ1v) is 6.80. The Morgan fingerprint density at radius 2 is 2.17 bits per heavy atom. The van der Waals surface area contributed by atoms with Crippen LogP contribution in [0.2, 0.25) is 0 Å². The van der Waals surface area contributed by atoms with E-state index in [9.17, 15) is 0 Å². The van der Waals surface area contributed by atoms with E-state index in [0.717, 1.165) is 23.9 Å². The molecule has 1 heterocycles. The monoisotopic (exact) mass is 252 g/mol. The fourth-order valence-electron chi connectivity index (χ4n) is 2.58. The molecule has 1 aliphatic carbocycles. The molecular formula is C13H24N4O. The molecule has 1 saturated carbocycles. The largest absolute Gasteiger partial charge is 0.375 e. The summed E-state index contributed by atoms with van der Waals surface area (Å²) in [6, 6.07) is 0.421. The summed E-state index contributed by atoms with van der Waals surface area (Å²) in [5.41, 5.74) is 2.12. The summed E-state index contributed by atoms with van der Waals surface area (Å²) < 4.78 is 7.55. The van der Waals surface area contributed by atoms with E-state index in [4.69, 9.17) is 4.74 Å². The average molecular weight is 252 g/mol. The third kappa shape index (κ3) is 2.42. The summed E-state index contributed by atoms with van der Waals surface area (Å²) in [5, 5.41) is 11.8. The second-order valence-electron chi connectivity index (χ2n) is 5.21. The highest BCUT2D eigenvalue weighted by Crippen LogP contribution is 2.37. The lowest BCUT2D eigenvalue weighted by atomic mass is 9.80. The highest BCUT2D eigenvalue weighted by Gasteiger charge is 2.29. The van der Waals surface area contributed by atoms with Gasteiger partial charge in [0.15, 0.2) is 0 Å². The highest BCUT2D eigenvalue weighted by molar-refractivity contribution is 5.14. The molecule has 1 aliphatic rings. The first kappa shape index (κ1) is 13.5. The molecule has 1 N–H and O–H groups in total. The Hall–Kier alpha value is -0.940. The third-order valence-electron chi connectivity index (χ3n) is 4.10. The van der Waals surface area contributed by atoms with Crippen LogP contribution in [-0.4, -0.2) is 29.2 Å². The van der Waals surface area contributed by atoms with Crippen molar-refractivity contribution in [2.75, 3.05) is 14.2 Å². The van der Waals surface area contributed by atoms with Crippen molar-refractivity contribution in [1.29, 1.82) is 0 Å². The van der Waals surface area contributed by atoms with Crippen LogP contribution < -0.4 is 5.32 Å². The van der Waals surface area contributed by atoms with Crippen LogP contribution in [0.25, 0.3) is 0 Å². The number of nitrogens with zero attached hydrogens (tertiary/aromatic N) is 3. The van der Waals surface area contributed by atoms with Crippen LogP contribution in [0.5, 0.6) is 0 Å². The molecule has 2 atom stereocenters. The molecule has 0 bridgehead atoms. The van der Waals surface area contributed by atoms with Crippen LogP contribution in [0.15, 0.2) is 0 Å². The number of nitrogens with one attached hydrogen (secondary N) is 1. The van der Waals surface area contributed by atoms with Gasteiger partial charge in [0, 0.05) is 13.7 Å². The summed E-state index contributed by atoms with van der Waals surface area (Å²) in [6.45, 7) is 5.04. The molecule has 2 unspecified atom stereocenters. The minimum atomic E-state index is 0.0332. The van der Waals surface area contributed by atoms with Crippen molar-refractivity contribution in [1.82, 2.24) is 20.3 Å². The van der Waals surface area contributed by atoms with Gasteiger partial charge in [-0.25, -0.2) is 4.68 Å². The van der Waals surface area contributed by atoms with Crippen LogP contribution in [0.3, 0.4) is 0 Å². The molecule has 0 spiro atoms. The average Bonchev–Trinajstić information content (AvgIpc) is 2.70. The molecule has 2 rings (SSSR count). The molecule has 1 fully saturated rings. The molecule has 0 aliphatic heterocycles. The van der Waals surface area contributed by atoms with E-state index >= 15 is 0 Å². The summed E-state index contributed by atoms with van der Waals surface area (Å²) in [5.74, 6) is 0.747. The quantitative estimate of drug-likeness (QED) is 0.842. The number of rotatable bonds is 6. The molecule has 0 radical (unpaired) electrons. The number of hydrogen-bond acceptors (Lipinski definition) is 4. The molecule has 0 saturated heterocycles. The van der Waals surface area contributed by atoms with Gasteiger partial charge in [0.05, 0.1) is 17.8 Å². The van der Waals surface area contributed by atoms with Crippen molar-refractivity contribution >= 4 is 0 Å². The van der Waals surface area contributed by atoms with Crippen molar-refractivity contribution in [3.63, 3.8) is 0 Å². The van der Waals surface area contributed by atoms with Gasteiger partial charge in [-0.3, -0.25) is 0 Å². The zero-order valence-electron chi connectivity index (χ0n) is 11.8. The van der Waals surface area contributed by atoms with E-state index in [1.54, 1.807) is 7.11 Å². The number of methoxy groups -OCH3 is 1. The summed E-state index contributed by atoms with van der Waals surface area (Å²) in [6.07, 6.45) is 4.00. The van der Waals surface area contributed by atoms with Crippen molar-refractivity contribution in [2.45, 2.75) is 51.8 Å². The highest BCUT2D eigenvalue weighted by atomic mass is 16.5. The Labute approximate surface area is 109 Å². The second-order valence-corrected chi connectivity index (χ2v) is 5.21. The predicted molar refractivity (Wildman–Crippen MR) is 70.3 cm³/mol. The lowest BCUT2D eigenvalue weighted by molar-refractivity contribution is 0.103. The molecule has 1 aromatic heterocycles. The second kappa shape index (κ2) is 5.80. The Bertz CT molecular complexity index is 386. The van der Waals surface area contributed by atoms with Gasteiger partial charge in [-0.15, -0.1) is 5.10 Å². The maximum absolute atomic E-state index is 5.48. The Morgan fingerprint density at radius 1 is 1.44 bits per heavy atom. The number of aromatic nitrogens is 3. The summed E-state index contributed by atoms with van der Waals surface area (Å²) >= 11 is 0. The molecule has 5 nitrogen and oxygen atoms in total. The zero-order valence-corrected chi connectivity index (χ0v) is 11.8. The molecule has 102 valence electrons. The van der Waals surface area contributed by atoms with E-state index in [1.165, 1.54) is 19.3 Å². The van der Waals surface area contributed by atoms with Crippen LogP contribution in [0.1, 0.15) is 56.6 Å². The smallest absolute Gasteiger partial charge is 0.102 e. The normalized spacial score (nSPS) is 19.6. The molecule has 5 heteroatoms. The van der Waals surface area contributed by atoms with E-state index in [2.05, 4.69) is 34.2 Å². The fraction of sp³-hybridized carbons (Fsp3) is 0.846. The lowest BCUT2D eigenvalue weighted by Crippen LogP contribution is -2.26. The van der Waals surface area contributed by atoms with E-state index in [0.29, 0.717) is 6.04 Å². The standard InChI is InChI=1S/C13H24N4O/c1-9(11-6-5-7-11)17-13(10(2)18-4)12(8-14-3)15-16-17/h9-11,14H,5-8H2,1-4H3. The molecule has 1 aromatic rings. The Balaban J connectivity index is 2.27. The Kier molecular flexibility index (Phi) is 4.35. The third-order valence-corrected chi connectivity index (χ3v) is 4.10. The van der Waals surface area contributed by atoms with E-state index < -0.39 is 0 Å². The van der Waals surface area contributed by atoms with Crippen LogP contribution in [-0.2, 0) is 11.3 Å². The van der Waals surface area contributed by atoms with Gasteiger partial charge in [-0.1, -0.05) is 11.6 Å². The van der Waals surface area contributed by atoms with Crippen molar-refractivity contribution in [2.24, 2.45) is 5.92 Å². The first-order valence-electron chi connectivity index (χ1n) is 6.80. The first-order chi connectivity index (χ1) is 8.69. The minimum Gasteiger partial charge on any atom is -0.375 e. The van der Waals surface area contributed by atoms with Crippen molar-refractivity contribution < 1.29 is 4.74 Å². The van der Waals surface area contributed by atoms with Gasteiger partial charge in [0.25, 0.3) is 0 Å². The van der Waals surface area contributed by atoms with Gasteiger partial charge in [-0.05, 0) is 39.7 Å². The SMILES string of the molecule is CNCc1nnn(C(C)C2CCC2)c1C(C)OC. The predicted octanol–water partition coefficient (Wildman–Crippen LogP) is 2.07. The van der Waals surface area contributed by atoms with Gasteiger partial charge in [-0.2, -0.15) is 0 Å². The lowest BCUT2D eigenvalue weighted by Gasteiger charge is -2.32. The molecule has 18 heavy (non-hydrogen) atoms. The molecule has 0 amide bonds. The van der Waals surface area contributed by atoms with Gasteiger partial charge < -0.3 is 10.1 Å². The Morgan fingerprint density at radius 3 is 2.67 bits per heavy atom. The number of hydrogen-bond donors (Lipinski definition) is 1.